The second kappa shape index (κ2) is 6.71. The van der Waals surface area contributed by atoms with Gasteiger partial charge in [0.05, 0.1) is 12.0 Å². The molecule has 0 fully saturated rings. The topological polar surface area (TPSA) is 101 Å². The number of nitrogens with one attached hydrogen (secondary N) is 1. The molecule has 0 unspecified atom stereocenters. The van der Waals surface area contributed by atoms with E-state index in [-0.39, 0.29) is 23.5 Å². The summed E-state index contributed by atoms with van der Waals surface area (Å²) in [6.45, 7) is 1.90. The lowest BCUT2D eigenvalue weighted by Crippen LogP contribution is -2.41. The maximum absolute atomic E-state index is 14.3. The molecule has 0 saturated heterocycles. The van der Waals surface area contributed by atoms with Crippen LogP contribution in [0.3, 0.4) is 0 Å². The van der Waals surface area contributed by atoms with Crippen molar-refractivity contribution in [2.24, 2.45) is 0 Å². The molecule has 3 aromatic heterocycles. The Kier molecular flexibility index (Phi) is 4.12. The second-order valence-corrected chi connectivity index (χ2v) is 6.88. The number of fused-ring (bicyclic) bond motifs is 2. The van der Waals surface area contributed by atoms with Crippen LogP contribution in [0.15, 0.2) is 33.7 Å². The number of rotatable bonds is 3. The van der Waals surface area contributed by atoms with Crippen LogP contribution in [0, 0.1) is 12.7 Å². The van der Waals surface area contributed by atoms with E-state index >= 15 is 0 Å². The van der Waals surface area contributed by atoms with Gasteiger partial charge in [-0.3, -0.25) is 4.79 Å². The number of benzene rings is 1. The lowest BCUT2D eigenvalue weighted by Gasteiger charge is -2.32. The van der Waals surface area contributed by atoms with Crippen molar-refractivity contribution in [3.8, 4) is 0 Å². The fourth-order valence-corrected chi connectivity index (χ4v) is 3.68. The predicted molar refractivity (Wildman–Crippen MR) is 95.3 cm³/mol. The van der Waals surface area contributed by atoms with Crippen LogP contribution in [-0.2, 0) is 6.42 Å². The zero-order chi connectivity index (χ0) is 21.0. The number of hydrogen-bond donors (Lipinski definition) is 1. The summed E-state index contributed by atoms with van der Waals surface area (Å²) in [5, 5.41) is 0. The maximum Gasteiger partial charge on any atom is 0.292 e. The third kappa shape index (κ3) is 2.69. The quantitative estimate of drug-likeness (QED) is 0.545. The summed E-state index contributed by atoms with van der Waals surface area (Å²) in [5.41, 5.74) is 1.37. The highest BCUT2D eigenvalue weighted by Crippen LogP contribution is 2.37. The van der Waals surface area contributed by atoms with Gasteiger partial charge in [0.2, 0.25) is 11.7 Å². The van der Waals surface area contributed by atoms with Crippen LogP contribution in [0.25, 0.3) is 11.1 Å². The summed E-state index contributed by atoms with van der Waals surface area (Å²) in [5.74, 6) is -1.91. The Balaban J connectivity index is 1.65. The van der Waals surface area contributed by atoms with Crippen molar-refractivity contribution in [2.45, 2.75) is 25.8 Å². The molecule has 1 aliphatic heterocycles. The Hall–Kier alpha value is -3.63. The first-order valence-corrected chi connectivity index (χ1v) is 9.06. The smallest absolute Gasteiger partial charge is 0.292 e. The third-order valence-electron chi connectivity index (χ3n) is 5.12. The highest BCUT2D eigenvalue weighted by atomic mass is 19.3. The molecule has 0 spiro atoms. The summed E-state index contributed by atoms with van der Waals surface area (Å²) in [4.78, 5) is 29.4. The first kappa shape index (κ1) is 18.4. The van der Waals surface area contributed by atoms with Crippen LogP contribution >= 0.6 is 0 Å². The largest absolute Gasteiger partial charge is 0.438 e. The van der Waals surface area contributed by atoms with Gasteiger partial charge in [-0.15, -0.1) is 0 Å². The number of imidazole rings is 1. The number of aromatic amines is 1. The van der Waals surface area contributed by atoms with Crippen molar-refractivity contribution >= 4 is 17.0 Å². The molecule has 0 aliphatic carbocycles. The number of oxazole rings is 2. The summed E-state index contributed by atoms with van der Waals surface area (Å²) in [6, 6.07) is 1.88. The van der Waals surface area contributed by atoms with E-state index in [4.69, 9.17) is 8.83 Å². The molecule has 8 nitrogen and oxygen atoms in total. The number of nitrogens with zero attached hydrogens (tertiary/aromatic N) is 4. The monoisotopic (exact) mass is 417 g/mol. The van der Waals surface area contributed by atoms with Crippen LogP contribution in [0.2, 0.25) is 0 Å². The SMILES string of the molecule is Cc1ccc(F)c2nc([C@@H]3c4nc[nH]c4CCN3C(=O)c3ocnc3C(F)F)oc12. The molecule has 0 radical (unpaired) electrons. The van der Waals surface area contributed by atoms with Gasteiger partial charge in [-0.05, 0) is 18.6 Å². The van der Waals surface area contributed by atoms with Gasteiger partial charge >= 0.3 is 0 Å². The van der Waals surface area contributed by atoms with E-state index in [0.717, 1.165) is 12.1 Å². The Morgan fingerprint density at radius 3 is 2.93 bits per heavy atom. The van der Waals surface area contributed by atoms with Gasteiger partial charge < -0.3 is 18.7 Å². The Labute approximate surface area is 166 Å². The van der Waals surface area contributed by atoms with E-state index in [1.165, 1.54) is 17.3 Å². The lowest BCUT2D eigenvalue weighted by atomic mass is 10.0. The fourth-order valence-electron chi connectivity index (χ4n) is 3.68. The van der Waals surface area contributed by atoms with Crippen LogP contribution < -0.4 is 0 Å². The Morgan fingerprint density at radius 1 is 1.33 bits per heavy atom. The van der Waals surface area contributed by atoms with Crippen molar-refractivity contribution in [3.63, 3.8) is 0 Å². The minimum atomic E-state index is -2.98. The normalized spacial score (nSPS) is 16.4. The Morgan fingerprint density at radius 2 is 2.17 bits per heavy atom. The number of alkyl halides is 2. The van der Waals surface area contributed by atoms with Crippen molar-refractivity contribution < 1.29 is 26.8 Å². The number of hydrogen-bond acceptors (Lipinski definition) is 6. The first-order chi connectivity index (χ1) is 14.5. The average molecular weight is 417 g/mol. The van der Waals surface area contributed by atoms with Gasteiger partial charge in [-0.2, -0.15) is 0 Å². The van der Waals surface area contributed by atoms with Crippen molar-refractivity contribution in [1.29, 1.82) is 0 Å². The molecule has 1 atom stereocenters. The summed E-state index contributed by atoms with van der Waals surface area (Å²) < 4.78 is 51.6. The number of aromatic nitrogens is 4. The molecule has 30 heavy (non-hydrogen) atoms. The molecule has 1 aromatic carbocycles. The number of H-pyrrole nitrogens is 1. The first-order valence-electron chi connectivity index (χ1n) is 9.06. The molecule has 0 saturated carbocycles. The molecule has 0 bridgehead atoms. The fraction of sp³-hybridized carbons (Fsp3) is 0.263. The third-order valence-corrected chi connectivity index (χ3v) is 5.12. The van der Waals surface area contributed by atoms with Gasteiger partial charge in [0.1, 0.15) is 5.52 Å². The molecule has 5 rings (SSSR count). The Bertz CT molecular complexity index is 1220. The van der Waals surface area contributed by atoms with Crippen LogP contribution in [0.4, 0.5) is 13.2 Å². The lowest BCUT2D eigenvalue weighted by molar-refractivity contribution is 0.0620. The van der Waals surface area contributed by atoms with Gasteiger partial charge in [-0.1, -0.05) is 6.07 Å². The summed E-state index contributed by atoms with van der Waals surface area (Å²) >= 11 is 0. The van der Waals surface area contributed by atoms with E-state index in [1.54, 1.807) is 13.0 Å². The molecule has 154 valence electrons. The molecule has 1 aliphatic rings. The van der Waals surface area contributed by atoms with E-state index in [0.29, 0.717) is 17.7 Å². The molecular weight excluding hydrogens is 403 g/mol. The second-order valence-electron chi connectivity index (χ2n) is 6.88. The van der Waals surface area contributed by atoms with E-state index in [9.17, 15) is 18.0 Å². The highest BCUT2D eigenvalue weighted by Gasteiger charge is 2.40. The zero-order valence-electron chi connectivity index (χ0n) is 15.5. The van der Waals surface area contributed by atoms with Crippen molar-refractivity contribution in [1.82, 2.24) is 24.8 Å². The van der Waals surface area contributed by atoms with E-state index in [1.807, 2.05) is 0 Å². The van der Waals surface area contributed by atoms with Crippen LogP contribution in [0.5, 0.6) is 0 Å². The molecule has 11 heteroatoms. The highest BCUT2D eigenvalue weighted by molar-refractivity contribution is 5.93. The number of carbonyl (C=O) groups excluding carboxylic acids is 1. The average Bonchev–Trinajstić information content (AvgIpc) is 3.48. The summed E-state index contributed by atoms with van der Waals surface area (Å²) in [7, 11) is 0. The van der Waals surface area contributed by atoms with Gasteiger partial charge in [0.25, 0.3) is 12.3 Å². The van der Waals surface area contributed by atoms with Crippen molar-refractivity contribution in [2.75, 3.05) is 6.54 Å². The summed E-state index contributed by atoms with van der Waals surface area (Å²) in [6.07, 6.45) is -0.318. The number of aryl methyl sites for hydroxylation is 1. The molecule has 1 N–H and O–H groups in total. The standard InChI is InChI=1S/C19H14F3N5O3/c1-8-2-3-9(20)11-15(8)30-18(26-11)14-12-10(23-6-24-12)4-5-27(14)19(28)16-13(17(21)22)25-7-29-16/h2-3,6-7,14,17H,4-5H2,1H3,(H,23,24)/t14-/m0/s1. The molecule has 4 aromatic rings. The maximum atomic E-state index is 14.3. The molecule has 1 amide bonds. The van der Waals surface area contributed by atoms with E-state index in [2.05, 4.69) is 19.9 Å². The van der Waals surface area contributed by atoms with Gasteiger partial charge in [0, 0.05) is 18.7 Å². The predicted octanol–water partition coefficient (Wildman–Crippen LogP) is 3.71. The van der Waals surface area contributed by atoms with Gasteiger partial charge in [0.15, 0.2) is 29.5 Å². The molecular formula is C19H14F3N5O3. The van der Waals surface area contributed by atoms with E-state index < -0.39 is 35.6 Å². The number of carbonyl (C=O) groups is 1. The minimum absolute atomic E-state index is 0.0213. The minimum Gasteiger partial charge on any atom is -0.438 e. The number of halogens is 3. The zero-order valence-corrected chi connectivity index (χ0v) is 15.5. The van der Waals surface area contributed by atoms with Crippen LogP contribution in [-0.4, -0.2) is 37.3 Å². The number of amides is 1. The van der Waals surface area contributed by atoms with Crippen molar-refractivity contribution in [3.05, 3.63) is 65.0 Å². The van der Waals surface area contributed by atoms with Crippen LogP contribution in [0.1, 0.15) is 51.6 Å². The van der Waals surface area contributed by atoms with Gasteiger partial charge in [-0.25, -0.2) is 28.1 Å². The molecule has 4 heterocycles.